The van der Waals surface area contributed by atoms with Crippen molar-refractivity contribution >= 4 is 24.2 Å². The molecule has 0 amide bonds. The van der Waals surface area contributed by atoms with E-state index in [9.17, 15) is 4.91 Å². The standard InChI is InChI=1S/C8H10NO4PS/c1-11-14(15,12-2)13-8-6-4-3-5-7(8)9-10/h3-6H,1-2H3. The fraction of sp³-hybridized carbons (Fsp3) is 0.250. The summed E-state index contributed by atoms with van der Waals surface area (Å²) in [4.78, 5) is 10.5. The first-order chi connectivity index (χ1) is 7.15. The fourth-order valence-electron chi connectivity index (χ4n) is 0.879. The molecule has 5 nitrogen and oxygen atoms in total. The van der Waals surface area contributed by atoms with Crippen molar-refractivity contribution in [2.24, 2.45) is 5.18 Å². The number of hydrogen-bond acceptors (Lipinski definition) is 6. The Hall–Kier alpha value is -0.810. The second kappa shape index (κ2) is 5.32. The predicted molar refractivity (Wildman–Crippen MR) is 60.8 cm³/mol. The Kier molecular flexibility index (Phi) is 4.35. The average molecular weight is 247 g/mol. The number of nitrogens with zero attached hydrogens (tertiary/aromatic N) is 1. The van der Waals surface area contributed by atoms with E-state index in [1.54, 1.807) is 18.2 Å². The maximum absolute atomic E-state index is 10.5. The highest BCUT2D eigenvalue weighted by Crippen LogP contribution is 2.50. The molecule has 0 atom stereocenters. The zero-order valence-electron chi connectivity index (χ0n) is 8.25. The van der Waals surface area contributed by atoms with Gasteiger partial charge in [-0.25, -0.2) is 0 Å². The monoisotopic (exact) mass is 247 g/mol. The Morgan fingerprint density at radius 2 is 1.87 bits per heavy atom. The first-order valence-electron chi connectivity index (χ1n) is 3.98. The van der Waals surface area contributed by atoms with E-state index in [0.29, 0.717) is 0 Å². The smallest absolute Gasteiger partial charge is 0.380 e. The van der Waals surface area contributed by atoms with Crippen molar-refractivity contribution < 1.29 is 13.6 Å². The molecule has 0 N–H and O–H groups in total. The zero-order chi connectivity index (χ0) is 11.3. The largest absolute Gasteiger partial charge is 0.422 e. The van der Waals surface area contributed by atoms with Gasteiger partial charge in [0.1, 0.15) is 5.69 Å². The normalized spacial score (nSPS) is 11.1. The lowest BCUT2D eigenvalue weighted by Crippen LogP contribution is -1.96. The Morgan fingerprint density at radius 1 is 1.27 bits per heavy atom. The van der Waals surface area contributed by atoms with Gasteiger partial charge in [0.25, 0.3) is 0 Å². The van der Waals surface area contributed by atoms with Crippen molar-refractivity contribution in [3.8, 4) is 5.75 Å². The molecule has 0 aliphatic carbocycles. The SMILES string of the molecule is COP(=S)(OC)Oc1ccccc1N=O. The van der Waals surface area contributed by atoms with Crippen molar-refractivity contribution in [1.82, 2.24) is 0 Å². The van der Waals surface area contributed by atoms with E-state index in [-0.39, 0.29) is 11.4 Å². The highest BCUT2D eigenvalue weighted by atomic mass is 32.5. The summed E-state index contributed by atoms with van der Waals surface area (Å²) >= 11 is 4.99. The van der Waals surface area contributed by atoms with Crippen LogP contribution in [0.25, 0.3) is 0 Å². The molecule has 82 valence electrons. The molecule has 0 heterocycles. The van der Waals surface area contributed by atoms with Crippen LogP contribution in [0.4, 0.5) is 5.69 Å². The van der Waals surface area contributed by atoms with E-state index in [1.807, 2.05) is 0 Å². The highest BCUT2D eigenvalue weighted by molar-refractivity contribution is 8.07. The third-order valence-electron chi connectivity index (χ3n) is 1.62. The summed E-state index contributed by atoms with van der Waals surface area (Å²) in [6.45, 7) is -2.81. The van der Waals surface area contributed by atoms with Gasteiger partial charge in [0.2, 0.25) is 0 Å². The molecule has 0 saturated heterocycles. The number of hydrogen-bond donors (Lipinski definition) is 0. The second-order valence-electron chi connectivity index (χ2n) is 2.46. The molecule has 0 spiro atoms. The van der Waals surface area contributed by atoms with E-state index < -0.39 is 6.72 Å². The minimum atomic E-state index is -2.81. The Labute approximate surface area is 92.6 Å². The molecule has 1 aromatic carbocycles. The summed E-state index contributed by atoms with van der Waals surface area (Å²) in [6, 6.07) is 6.48. The van der Waals surface area contributed by atoms with Gasteiger partial charge in [-0.05, 0) is 17.3 Å². The fourth-order valence-corrected chi connectivity index (χ4v) is 1.81. The van der Waals surface area contributed by atoms with Gasteiger partial charge in [0.05, 0.1) is 0 Å². The van der Waals surface area contributed by atoms with Crippen molar-refractivity contribution in [2.45, 2.75) is 0 Å². The van der Waals surface area contributed by atoms with Crippen LogP contribution in [0.1, 0.15) is 0 Å². The van der Waals surface area contributed by atoms with Crippen molar-refractivity contribution in [3.05, 3.63) is 29.2 Å². The molecular weight excluding hydrogens is 237 g/mol. The Bertz CT molecular complexity index is 390. The maximum Gasteiger partial charge on any atom is 0.380 e. The third kappa shape index (κ3) is 3.07. The van der Waals surface area contributed by atoms with E-state index in [1.165, 1.54) is 20.3 Å². The number of para-hydroxylation sites is 1. The van der Waals surface area contributed by atoms with E-state index in [2.05, 4.69) is 5.18 Å². The van der Waals surface area contributed by atoms with Gasteiger partial charge >= 0.3 is 6.72 Å². The average Bonchev–Trinajstić information content (AvgIpc) is 2.29. The van der Waals surface area contributed by atoms with Crippen LogP contribution >= 0.6 is 6.72 Å². The topological polar surface area (TPSA) is 57.1 Å². The van der Waals surface area contributed by atoms with E-state index in [4.69, 9.17) is 25.4 Å². The molecule has 0 unspecified atom stereocenters. The maximum atomic E-state index is 10.5. The van der Waals surface area contributed by atoms with Crippen LogP contribution in [0.2, 0.25) is 0 Å². The molecular formula is C8H10NO4PS. The number of benzene rings is 1. The zero-order valence-corrected chi connectivity index (χ0v) is 9.96. The lowest BCUT2D eigenvalue weighted by molar-refractivity contribution is 0.273. The van der Waals surface area contributed by atoms with E-state index >= 15 is 0 Å². The summed E-state index contributed by atoms with van der Waals surface area (Å²) in [5.74, 6) is 0.263. The molecule has 0 radical (unpaired) electrons. The molecule has 0 aliphatic rings. The number of nitroso groups, excluding NO2 is 1. The van der Waals surface area contributed by atoms with Gasteiger partial charge in [0, 0.05) is 26.0 Å². The van der Waals surface area contributed by atoms with Crippen molar-refractivity contribution in [1.29, 1.82) is 0 Å². The van der Waals surface area contributed by atoms with Gasteiger partial charge in [-0.15, -0.1) is 4.91 Å². The summed E-state index contributed by atoms with van der Waals surface area (Å²) in [6.07, 6.45) is 0. The van der Waals surface area contributed by atoms with Gasteiger partial charge in [-0.3, -0.25) is 0 Å². The quantitative estimate of drug-likeness (QED) is 0.591. The molecule has 0 bridgehead atoms. The first kappa shape index (κ1) is 12.3. The van der Waals surface area contributed by atoms with Crippen LogP contribution in [0.5, 0.6) is 5.75 Å². The molecule has 0 aromatic heterocycles. The highest BCUT2D eigenvalue weighted by Gasteiger charge is 2.20. The summed E-state index contributed by atoms with van der Waals surface area (Å²) in [5, 5.41) is 2.81. The van der Waals surface area contributed by atoms with Gasteiger partial charge in [-0.2, -0.15) is 0 Å². The second-order valence-corrected chi connectivity index (χ2v) is 5.61. The molecule has 7 heteroatoms. The van der Waals surface area contributed by atoms with Crippen LogP contribution in [0.15, 0.2) is 29.4 Å². The molecule has 1 rings (SSSR count). The molecule has 15 heavy (non-hydrogen) atoms. The lowest BCUT2D eigenvalue weighted by Gasteiger charge is -2.18. The van der Waals surface area contributed by atoms with Gasteiger partial charge in [-0.1, -0.05) is 12.1 Å². The Balaban J connectivity index is 2.98. The van der Waals surface area contributed by atoms with Crippen molar-refractivity contribution in [2.75, 3.05) is 14.2 Å². The predicted octanol–water partition coefficient (Wildman–Crippen LogP) is 2.98. The summed E-state index contributed by atoms with van der Waals surface area (Å²) in [5.41, 5.74) is 0.167. The van der Waals surface area contributed by atoms with Crippen molar-refractivity contribution in [3.63, 3.8) is 0 Å². The van der Waals surface area contributed by atoms with Gasteiger partial charge < -0.3 is 13.6 Å². The number of rotatable bonds is 5. The first-order valence-corrected chi connectivity index (χ1v) is 6.54. The molecule has 0 fully saturated rings. The summed E-state index contributed by atoms with van der Waals surface area (Å²) in [7, 11) is 2.78. The summed E-state index contributed by atoms with van der Waals surface area (Å²) < 4.78 is 15.2. The van der Waals surface area contributed by atoms with Crippen LogP contribution in [0.3, 0.4) is 0 Å². The van der Waals surface area contributed by atoms with Crippen LogP contribution in [-0.2, 0) is 20.9 Å². The third-order valence-corrected chi connectivity index (χ3v) is 4.05. The Morgan fingerprint density at radius 3 is 2.40 bits per heavy atom. The van der Waals surface area contributed by atoms with Crippen LogP contribution in [-0.4, -0.2) is 14.2 Å². The van der Waals surface area contributed by atoms with Crippen LogP contribution < -0.4 is 4.52 Å². The van der Waals surface area contributed by atoms with E-state index in [0.717, 1.165) is 0 Å². The minimum absolute atomic E-state index is 0.167. The minimum Gasteiger partial charge on any atom is -0.422 e. The molecule has 0 saturated carbocycles. The molecule has 1 aromatic rings. The van der Waals surface area contributed by atoms with Gasteiger partial charge in [0.15, 0.2) is 5.75 Å². The lowest BCUT2D eigenvalue weighted by atomic mass is 10.3. The van der Waals surface area contributed by atoms with Crippen LogP contribution in [0, 0.1) is 4.91 Å². The molecule has 0 aliphatic heterocycles.